The van der Waals surface area contributed by atoms with Crippen molar-refractivity contribution in [2.75, 3.05) is 17.8 Å². The average molecular weight is 201 g/mol. The van der Waals surface area contributed by atoms with Crippen molar-refractivity contribution >= 4 is 27.5 Å². The Labute approximate surface area is 63.5 Å². The van der Waals surface area contributed by atoms with Gasteiger partial charge in [-0.25, -0.2) is 0 Å². The van der Waals surface area contributed by atoms with Gasteiger partial charge in [-0.15, -0.1) is 11.6 Å². The standard InChI is InChI=1S/C5H10BrClO/c1-5(4-6)8-3-2-7/h5H,2-4H2,1H3. The van der Waals surface area contributed by atoms with Crippen LogP contribution >= 0.6 is 27.5 Å². The summed E-state index contributed by atoms with van der Waals surface area (Å²) < 4.78 is 5.16. The SMILES string of the molecule is CC(CBr)OCCCl. The summed E-state index contributed by atoms with van der Waals surface area (Å²) in [4.78, 5) is 0. The van der Waals surface area contributed by atoms with E-state index in [0.29, 0.717) is 12.5 Å². The van der Waals surface area contributed by atoms with Gasteiger partial charge in [0.15, 0.2) is 0 Å². The van der Waals surface area contributed by atoms with Gasteiger partial charge in [-0.1, -0.05) is 15.9 Å². The summed E-state index contributed by atoms with van der Waals surface area (Å²) in [6.45, 7) is 2.65. The van der Waals surface area contributed by atoms with Crippen LogP contribution in [0.1, 0.15) is 6.92 Å². The van der Waals surface area contributed by atoms with Crippen LogP contribution in [0.2, 0.25) is 0 Å². The minimum absolute atomic E-state index is 0.286. The topological polar surface area (TPSA) is 9.23 Å². The van der Waals surface area contributed by atoms with Crippen LogP contribution < -0.4 is 0 Å². The molecule has 1 unspecified atom stereocenters. The molecule has 0 amide bonds. The second kappa shape index (κ2) is 5.86. The van der Waals surface area contributed by atoms with Gasteiger partial charge >= 0.3 is 0 Å². The molecule has 0 N–H and O–H groups in total. The fourth-order valence-electron chi connectivity index (χ4n) is 0.290. The van der Waals surface area contributed by atoms with Gasteiger partial charge in [0.25, 0.3) is 0 Å². The van der Waals surface area contributed by atoms with E-state index in [1.54, 1.807) is 0 Å². The molecule has 0 rings (SSSR count). The lowest BCUT2D eigenvalue weighted by Gasteiger charge is -2.06. The average Bonchev–Trinajstić information content (AvgIpc) is 1.83. The molecule has 1 atom stereocenters. The van der Waals surface area contributed by atoms with Crippen molar-refractivity contribution in [2.45, 2.75) is 13.0 Å². The van der Waals surface area contributed by atoms with Crippen molar-refractivity contribution in [2.24, 2.45) is 0 Å². The molecule has 0 aromatic rings. The number of halogens is 2. The zero-order chi connectivity index (χ0) is 6.41. The van der Waals surface area contributed by atoms with Gasteiger partial charge in [-0.2, -0.15) is 0 Å². The number of rotatable bonds is 4. The van der Waals surface area contributed by atoms with Gasteiger partial charge in [-0.05, 0) is 6.92 Å². The van der Waals surface area contributed by atoms with Crippen LogP contribution in [0.3, 0.4) is 0 Å². The molecule has 0 fully saturated rings. The zero-order valence-corrected chi connectivity index (χ0v) is 7.20. The largest absolute Gasteiger partial charge is 0.376 e. The first-order valence-corrected chi connectivity index (χ1v) is 4.20. The summed E-state index contributed by atoms with van der Waals surface area (Å²) in [5.74, 6) is 0.581. The third-order valence-electron chi connectivity index (χ3n) is 0.697. The van der Waals surface area contributed by atoms with Crippen LogP contribution in [0.15, 0.2) is 0 Å². The van der Waals surface area contributed by atoms with E-state index in [2.05, 4.69) is 15.9 Å². The van der Waals surface area contributed by atoms with Crippen molar-refractivity contribution in [1.82, 2.24) is 0 Å². The molecule has 50 valence electrons. The lowest BCUT2D eigenvalue weighted by molar-refractivity contribution is 0.0955. The third kappa shape index (κ3) is 4.88. The number of hydrogen-bond donors (Lipinski definition) is 0. The highest BCUT2D eigenvalue weighted by molar-refractivity contribution is 9.09. The van der Waals surface area contributed by atoms with Crippen molar-refractivity contribution < 1.29 is 4.74 Å². The van der Waals surface area contributed by atoms with E-state index in [-0.39, 0.29) is 6.10 Å². The van der Waals surface area contributed by atoms with Crippen molar-refractivity contribution in [3.05, 3.63) is 0 Å². The monoisotopic (exact) mass is 200 g/mol. The van der Waals surface area contributed by atoms with Crippen LogP contribution in [0, 0.1) is 0 Å². The normalized spacial score (nSPS) is 13.9. The maximum atomic E-state index is 5.36. The quantitative estimate of drug-likeness (QED) is 0.633. The van der Waals surface area contributed by atoms with E-state index in [9.17, 15) is 0 Å². The Hall–Kier alpha value is 0.730. The molecule has 0 saturated carbocycles. The molecule has 1 nitrogen and oxygen atoms in total. The number of hydrogen-bond acceptors (Lipinski definition) is 1. The summed E-state index contributed by atoms with van der Waals surface area (Å²) in [7, 11) is 0. The smallest absolute Gasteiger partial charge is 0.0644 e. The zero-order valence-electron chi connectivity index (χ0n) is 4.86. The summed E-state index contributed by atoms with van der Waals surface area (Å²) in [5.41, 5.74) is 0. The molecule has 0 bridgehead atoms. The van der Waals surface area contributed by atoms with Crippen LogP contribution in [-0.2, 0) is 4.74 Å². The van der Waals surface area contributed by atoms with E-state index >= 15 is 0 Å². The Morgan fingerprint density at radius 3 is 2.75 bits per heavy atom. The van der Waals surface area contributed by atoms with Gasteiger partial charge in [-0.3, -0.25) is 0 Å². The molecule has 0 aliphatic rings. The van der Waals surface area contributed by atoms with Gasteiger partial charge < -0.3 is 4.74 Å². The molecule has 0 saturated heterocycles. The molecule has 0 aliphatic heterocycles. The molecular weight excluding hydrogens is 191 g/mol. The van der Waals surface area contributed by atoms with Gasteiger partial charge in [0.1, 0.15) is 0 Å². The highest BCUT2D eigenvalue weighted by atomic mass is 79.9. The lowest BCUT2D eigenvalue weighted by Crippen LogP contribution is -2.10. The number of ether oxygens (including phenoxy) is 1. The molecule has 0 radical (unpaired) electrons. The Kier molecular flexibility index (Phi) is 6.39. The third-order valence-corrected chi connectivity index (χ3v) is 1.76. The summed E-state index contributed by atoms with van der Waals surface area (Å²) in [5, 5.41) is 0.879. The Balaban J connectivity index is 2.86. The fraction of sp³-hybridized carbons (Fsp3) is 1.00. The molecule has 0 heterocycles. The van der Waals surface area contributed by atoms with Crippen LogP contribution in [-0.4, -0.2) is 23.9 Å². The highest BCUT2D eigenvalue weighted by Crippen LogP contribution is 1.94. The second-order valence-corrected chi connectivity index (χ2v) is 2.55. The molecule has 0 aromatic heterocycles. The van der Waals surface area contributed by atoms with Crippen LogP contribution in [0.25, 0.3) is 0 Å². The predicted octanol–water partition coefficient (Wildman–Crippen LogP) is 2.03. The van der Waals surface area contributed by atoms with Crippen LogP contribution in [0.4, 0.5) is 0 Å². The first-order chi connectivity index (χ1) is 3.81. The van der Waals surface area contributed by atoms with Crippen molar-refractivity contribution in [1.29, 1.82) is 0 Å². The van der Waals surface area contributed by atoms with Crippen LogP contribution in [0.5, 0.6) is 0 Å². The summed E-state index contributed by atoms with van der Waals surface area (Å²) >= 11 is 8.64. The Morgan fingerprint density at radius 2 is 2.38 bits per heavy atom. The van der Waals surface area contributed by atoms with Crippen molar-refractivity contribution in [3.8, 4) is 0 Å². The van der Waals surface area contributed by atoms with E-state index in [0.717, 1.165) is 5.33 Å². The molecule has 3 heteroatoms. The fourth-order valence-corrected chi connectivity index (χ4v) is 0.566. The maximum absolute atomic E-state index is 5.36. The first-order valence-electron chi connectivity index (χ1n) is 2.54. The van der Waals surface area contributed by atoms with E-state index < -0.39 is 0 Å². The molecule has 0 aromatic carbocycles. The molecule has 0 spiro atoms. The second-order valence-electron chi connectivity index (χ2n) is 1.52. The summed E-state index contributed by atoms with van der Waals surface area (Å²) in [6, 6.07) is 0. The highest BCUT2D eigenvalue weighted by Gasteiger charge is 1.95. The van der Waals surface area contributed by atoms with Gasteiger partial charge in [0, 0.05) is 11.2 Å². The molecule has 0 aliphatic carbocycles. The first kappa shape index (κ1) is 8.73. The molecular formula is C5H10BrClO. The predicted molar refractivity (Wildman–Crippen MR) is 39.9 cm³/mol. The van der Waals surface area contributed by atoms with E-state index in [1.165, 1.54) is 0 Å². The summed E-state index contributed by atoms with van der Waals surface area (Å²) in [6.07, 6.45) is 0.286. The number of alkyl halides is 2. The van der Waals surface area contributed by atoms with E-state index in [4.69, 9.17) is 16.3 Å². The Bertz CT molecular complexity index is 51.7. The minimum Gasteiger partial charge on any atom is -0.376 e. The van der Waals surface area contributed by atoms with E-state index in [1.807, 2.05) is 6.92 Å². The maximum Gasteiger partial charge on any atom is 0.0644 e. The van der Waals surface area contributed by atoms with Gasteiger partial charge in [0.05, 0.1) is 12.7 Å². The lowest BCUT2D eigenvalue weighted by atomic mass is 10.5. The van der Waals surface area contributed by atoms with Gasteiger partial charge in [0.2, 0.25) is 0 Å². The Morgan fingerprint density at radius 1 is 1.75 bits per heavy atom. The minimum atomic E-state index is 0.286. The van der Waals surface area contributed by atoms with Crippen molar-refractivity contribution in [3.63, 3.8) is 0 Å². The molecule has 8 heavy (non-hydrogen) atoms.